The van der Waals surface area contributed by atoms with E-state index in [1.165, 1.54) is 6.07 Å². The van der Waals surface area contributed by atoms with Crippen molar-refractivity contribution in [2.75, 3.05) is 6.61 Å². The molecule has 0 radical (unpaired) electrons. The minimum Gasteiger partial charge on any atom is -0.503 e. The van der Waals surface area contributed by atoms with Crippen LogP contribution in [0.15, 0.2) is 26.9 Å². The molecule has 0 unspecified atom stereocenters. The molecule has 4 nitrogen and oxygen atoms in total. The van der Waals surface area contributed by atoms with E-state index in [1.54, 1.807) is 4.57 Å². The summed E-state index contributed by atoms with van der Waals surface area (Å²) in [4.78, 5) is 13.1. The van der Waals surface area contributed by atoms with Gasteiger partial charge in [0.05, 0.1) is 28.1 Å². The van der Waals surface area contributed by atoms with E-state index in [9.17, 15) is 14.3 Å². The first-order valence-corrected chi connectivity index (χ1v) is 9.66. The van der Waals surface area contributed by atoms with Crippen LogP contribution < -0.4 is 5.43 Å². The molecule has 1 heterocycles. The molecular weight excluding hydrogens is 373 g/mol. The zero-order chi connectivity index (χ0) is 19.0. The standard InChI is InChI=1S/C19H22FNO3S2/c1-3-5-6-12(24-4-2)14-17(22)11-9-13(25)15(20)18(23)16(11)21(19(14)26)10-7-8-10/h6,9-10,23,25-26H,3-5,7-8H2,1-2H3. The van der Waals surface area contributed by atoms with Crippen molar-refractivity contribution in [1.29, 1.82) is 0 Å². The van der Waals surface area contributed by atoms with E-state index in [-0.39, 0.29) is 27.3 Å². The molecule has 0 aliphatic heterocycles. The summed E-state index contributed by atoms with van der Waals surface area (Å²) in [6, 6.07) is 1.45. The van der Waals surface area contributed by atoms with Crippen LogP contribution in [-0.4, -0.2) is 16.3 Å². The summed E-state index contributed by atoms with van der Waals surface area (Å²) in [6.45, 7) is 4.31. The Bertz CT molecular complexity index is 948. The molecule has 1 aliphatic carbocycles. The number of phenolic OH excluding ortho intramolecular Hbond substituents is 1. The second kappa shape index (κ2) is 7.56. The SMILES string of the molecule is CCCC=C(OCC)c1c(S)n(C2CC2)c2c(O)c(F)c(S)cc2c1=O. The lowest BCUT2D eigenvalue weighted by Crippen LogP contribution is -2.18. The Balaban J connectivity index is 2.42. The van der Waals surface area contributed by atoms with Gasteiger partial charge in [-0.3, -0.25) is 4.79 Å². The van der Waals surface area contributed by atoms with E-state index < -0.39 is 11.6 Å². The number of halogens is 1. The van der Waals surface area contributed by atoms with Crippen molar-refractivity contribution in [3.63, 3.8) is 0 Å². The van der Waals surface area contributed by atoms with E-state index in [0.29, 0.717) is 23.0 Å². The first-order chi connectivity index (χ1) is 12.4. The lowest BCUT2D eigenvalue weighted by atomic mass is 10.1. The first-order valence-electron chi connectivity index (χ1n) is 8.77. The Morgan fingerprint density at radius 1 is 1.42 bits per heavy atom. The maximum Gasteiger partial charge on any atom is 0.201 e. The molecule has 0 spiro atoms. The third-order valence-electron chi connectivity index (χ3n) is 4.43. The number of fused-ring (bicyclic) bond motifs is 1. The van der Waals surface area contributed by atoms with Gasteiger partial charge in [0.1, 0.15) is 5.76 Å². The number of pyridine rings is 1. The third-order valence-corrected chi connectivity index (χ3v) is 5.20. The molecule has 1 N–H and O–H groups in total. The second-order valence-electron chi connectivity index (χ2n) is 6.37. The molecule has 0 atom stereocenters. The normalized spacial score (nSPS) is 14.9. The minimum atomic E-state index is -0.832. The summed E-state index contributed by atoms with van der Waals surface area (Å²) in [7, 11) is 0. The van der Waals surface area contributed by atoms with E-state index in [2.05, 4.69) is 25.3 Å². The largest absolute Gasteiger partial charge is 0.503 e. The number of thiol groups is 2. The van der Waals surface area contributed by atoms with Crippen LogP contribution in [0.3, 0.4) is 0 Å². The molecule has 3 rings (SSSR count). The quantitative estimate of drug-likeness (QED) is 0.480. The highest BCUT2D eigenvalue weighted by molar-refractivity contribution is 7.80. The summed E-state index contributed by atoms with van der Waals surface area (Å²) in [6.07, 6.45) is 5.33. The lowest BCUT2D eigenvalue weighted by molar-refractivity contribution is 0.295. The maximum absolute atomic E-state index is 14.2. The minimum absolute atomic E-state index is 0.0668. The fourth-order valence-corrected chi connectivity index (χ4v) is 3.79. The number of benzene rings is 1. The predicted octanol–water partition coefficient (Wildman–Crippen LogP) is 4.94. The van der Waals surface area contributed by atoms with Gasteiger partial charge < -0.3 is 14.4 Å². The molecule has 2 aromatic rings. The molecule has 26 heavy (non-hydrogen) atoms. The van der Waals surface area contributed by atoms with Crippen LogP contribution >= 0.6 is 25.3 Å². The van der Waals surface area contributed by atoms with Crippen LogP contribution in [-0.2, 0) is 4.74 Å². The van der Waals surface area contributed by atoms with E-state index in [4.69, 9.17) is 4.74 Å². The molecule has 1 saturated carbocycles. The van der Waals surface area contributed by atoms with Crippen molar-refractivity contribution >= 4 is 41.9 Å². The van der Waals surface area contributed by atoms with E-state index in [0.717, 1.165) is 25.7 Å². The smallest absolute Gasteiger partial charge is 0.201 e. The van der Waals surface area contributed by atoms with Gasteiger partial charge in [0, 0.05) is 10.9 Å². The Labute approximate surface area is 162 Å². The van der Waals surface area contributed by atoms with Crippen molar-refractivity contribution in [2.24, 2.45) is 0 Å². The fourth-order valence-electron chi connectivity index (χ4n) is 3.08. The van der Waals surface area contributed by atoms with Gasteiger partial charge in [-0.1, -0.05) is 13.3 Å². The summed E-state index contributed by atoms with van der Waals surface area (Å²) >= 11 is 8.64. The molecule has 1 aromatic heterocycles. The van der Waals surface area contributed by atoms with E-state index in [1.807, 2.05) is 19.9 Å². The lowest BCUT2D eigenvalue weighted by Gasteiger charge is -2.20. The Morgan fingerprint density at radius 2 is 2.12 bits per heavy atom. The fraction of sp³-hybridized carbons (Fsp3) is 0.421. The molecule has 1 fully saturated rings. The van der Waals surface area contributed by atoms with Gasteiger partial charge in [-0.15, -0.1) is 25.3 Å². The summed E-state index contributed by atoms with van der Waals surface area (Å²) in [5.41, 5.74) is 0.179. The number of unbranched alkanes of at least 4 members (excludes halogenated alkanes) is 1. The van der Waals surface area contributed by atoms with Crippen molar-refractivity contribution in [3.05, 3.63) is 33.7 Å². The molecule has 1 aromatic carbocycles. The molecule has 1 aliphatic rings. The zero-order valence-corrected chi connectivity index (χ0v) is 16.5. The Morgan fingerprint density at radius 3 is 2.69 bits per heavy atom. The van der Waals surface area contributed by atoms with Crippen LogP contribution in [0, 0.1) is 5.82 Å². The number of aromatic hydroxyl groups is 1. The Kier molecular flexibility index (Phi) is 5.58. The molecule has 0 saturated heterocycles. The van der Waals surface area contributed by atoms with Gasteiger partial charge in [-0.05, 0) is 38.3 Å². The number of rotatable bonds is 6. The highest BCUT2D eigenvalue weighted by Crippen LogP contribution is 2.43. The zero-order valence-electron chi connectivity index (χ0n) is 14.8. The van der Waals surface area contributed by atoms with Crippen LogP contribution in [0.5, 0.6) is 5.75 Å². The monoisotopic (exact) mass is 395 g/mol. The third kappa shape index (κ3) is 3.22. The van der Waals surface area contributed by atoms with E-state index >= 15 is 0 Å². The van der Waals surface area contributed by atoms with Gasteiger partial charge in [-0.2, -0.15) is 0 Å². The van der Waals surface area contributed by atoms with Crippen LogP contribution in [0.1, 0.15) is 51.1 Å². The average molecular weight is 396 g/mol. The van der Waals surface area contributed by atoms with Gasteiger partial charge in [0.25, 0.3) is 0 Å². The second-order valence-corrected chi connectivity index (χ2v) is 7.28. The van der Waals surface area contributed by atoms with Crippen molar-refractivity contribution < 1.29 is 14.2 Å². The number of hydrogen-bond acceptors (Lipinski definition) is 5. The van der Waals surface area contributed by atoms with Crippen LogP contribution in [0.4, 0.5) is 4.39 Å². The predicted molar refractivity (Wildman–Crippen MR) is 107 cm³/mol. The van der Waals surface area contributed by atoms with Crippen LogP contribution in [0.2, 0.25) is 0 Å². The number of hydrogen-bond donors (Lipinski definition) is 3. The van der Waals surface area contributed by atoms with Crippen LogP contribution in [0.25, 0.3) is 16.7 Å². The molecule has 140 valence electrons. The van der Waals surface area contributed by atoms with Crippen molar-refractivity contribution in [3.8, 4) is 5.75 Å². The average Bonchev–Trinajstić information content (AvgIpc) is 3.43. The van der Waals surface area contributed by atoms with Gasteiger partial charge in [0.15, 0.2) is 11.6 Å². The summed E-state index contributed by atoms with van der Waals surface area (Å²) in [5, 5.41) is 11.0. The van der Waals surface area contributed by atoms with Gasteiger partial charge in [-0.25, -0.2) is 4.39 Å². The number of allylic oxidation sites excluding steroid dienone is 1. The van der Waals surface area contributed by atoms with Gasteiger partial charge in [0.2, 0.25) is 5.43 Å². The summed E-state index contributed by atoms with van der Waals surface area (Å²) < 4.78 is 21.7. The molecule has 0 amide bonds. The first kappa shape index (κ1) is 19.2. The van der Waals surface area contributed by atoms with Crippen molar-refractivity contribution in [1.82, 2.24) is 4.57 Å². The topological polar surface area (TPSA) is 51.5 Å². The molecule has 7 heteroatoms. The Hall–Kier alpha value is -1.60. The molecule has 0 bridgehead atoms. The number of nitrogens with zero attached hydrogens (tertiary/aromatic N) is 1. The number of ether oxygens (including phenoxy) is 1. The molecular formula is C19H22FNO3S2. The highest BCUT2D eigenvalue weighted by Gasteiger charge is 2.31. The maximum atomic E-state index is 14.2. The van der Waals surface area contributed by atoms with Gasteiger partial charge >= 0.3 is 0 Å². The highest BCUT2D eigenvalue weighted by atomic mass is 32.1. The number of phenols is 1. The van der Waals surface area contributed by atoms with Crippen molar-refractivity contribution in [2.45, 2.75) is 55.5 Å². The summed E-state index contributed by atoms with van der Waals surface area (Å²) in [5.74, 6) is -0.916. The number of aromatic nitrogens is 1.